The summed E-state index contributed by atoms with van der Waals surface area (Å²) in [6.07, 6.45) is 1.49. The van der Waals surface area contributed by atoms with Gasteiger partial charge in [-0.15, -0.1) is 0 Å². The number of amides is 3. The summed E-state index contributed by atoms with van der Waals surface area (Å²) in [7, 11) is 0. The van der Waals surface area contributed by atoms with Crippen LogP contribution in [-0.4, -0.2) is 35.1 Å². The lowest BCUT2D eigenvalue weighted by molar-refractivity contribution is -0.127. The van der Waals surface area contributed by atoms with Crippen LogP contribution in [0, 0.1) is 17.5 Å². The van der Waals surface area contributed by atoms with E-state index in [2.05, 4.69) is 0 Å². The van der Waals surface area contributed by atoms with Gasteiger partial charge in [0.15, 0.2) is 17.5 Å². The standard InChI is InChI=1S/C20H15F3N2O4S/c1-2-29-12-5-3-11(4-6-12)9-15-19(27)25(20(28)30-15)10-16(26)24-14-8-7-13(21)17(22)18(14)23/h3-9H,2,10H2,1H3,(H,24,26)/b15-9+. The van der Waals surface area contributed by atoms with Gasteiger partial charge in [-0.2, -0.15) is 0 Å². The second kappa shape index (κ2) is 9.04. The summed E-state index contributed by atoms with van der Waals surface area (Å²) < 4.78 is 45.2. The van der Waals surface area contributed by atoms with Gasteiger partial charge in [0, 0.05) is 0 Å². The molecule has 0 aliphatic carbocycles. The maximum atomic E-state index is 13.7. The number of ether oxygens (including phenoxy) is 1. The van der Waals surface area contributed by atoms with Gasteiger partial charge in [0.25, 0.3) is 11.1 Å². The fraction of sp³-hybridized carbons (Fsp3) is 0.150. The van der Waals surface area contributed by atoms with Crippen LogP contribution in [0.1, 0.15) is 12.5 Å². The van der Waals surface area contributed by atoms with Crippen molar-refractivity contribution in [2.24, 2.45) is 0 Å². The van der Waals surface area contributed by atoms with Crippen molar-refractivity contribution in [3.05, 3.63) is 64.3 Å². The third kappa shape index (κ3) is 4.65. The number of imide groups is 1. The lowest BCUT2D eigenvalue weighted by atomic mass is 10.2. The number of carbonyl (C=O) groups is 3. The van der Waals surface area contributed by atoms with E-state index in [4.69, 9.17) is 4.74 Å². The van der Waals surface area contributed by atoms with E-state index < -0.39 is 46.7 Å². The molecule has 0 bridgehead atoms. The second-order valence-electron chi connectivity index (χ2n) is 6.04. The van der Waals surface area contributed by atoms with Crippen molar-refractivity contribution >= 4 is 40.6 Å². The van der Waals surface area contributed by atoms with Gasteiger partial charge in [-0.1, -0.05) is 12.1 Å². The first-order valence-corrected chi connectivity index (χ1v) is 9.53. The fourth-order valence-electron chi connectivity index (χ4n) is 2.57. The highest BCUT2D eigenvalue weighted by Gasteiger charge is 2.36. The van der Waals surface area contributed by atoms with E-state index in [0.29, 0.717) is 40.6 Å². The van der Waals surface area contributed by atoms with E-state index in [1.807, 2.05) is 12.2 Å². The molecule has 0 atom stereocenters. The van der Waals surface area contributed by atoms with Crippen molar-refractivity contribution in [3.63, 3.8) is 0 Å². The Balaban J connectivity index is 1.69. The zero-order valence-corrected chi connectivity index (χ0v) is 16.4. The summed E-state index contributed by atoms with van der Waals surface area (Å²) in [6, 6.07) is 8.32. The number of halogens is 3. The highest BCUT2D eigenvalue weighted by Crippen LogP contribution is 2.32. The molecule has 0 aromatic heterocycles. The maximum Gasteiger partial charge on any atom is 0.294 e. The highest BCUT2D eigenvalue weighted by atomic mass is 32.2. The average Bonchev–Trinajstić information content (AvgIpc) is 2.97. The van der Waals surface area contributed by atoms with Crippen molar-refractivity contribution in [2.75, 3.05) is 18.5 Å². The van der Waals surface area contributed by atoms with Crippen LogP contribution in [0.2, 0.25) is 0 Å². The molecule has 10 heteroatoms. The maximum absolute atomic E-state index is 13.7. The molecule has 0 saturated carbocycles. The number of rotatable bonds is 6. The lowest BCUT2D eigenvalue weighted by Crippen LogP contribution is -2.36. The molecule has 1 N–H and O–H groups in total. The zero-order chi connectivity index (χ0) is 21.8. The third-order valence-corrected chi connectivity index (χ3v) is 4.88. The number of hydrogen-bond donors (Lipinski definition) is 1. The molecule has 156 valence electrons. The zero-order valence-electron chi connectivity index (χ0n) is 15.6. The fourth-order valence-corrected chi connectivity index (χ4v) is 3.41. The minimum absolute atomic E-state index is 0.107. The molecule has 0 radical (unpaired) electrons. The molecule has 3 amide bonds. The number of hydrogen-bond acceptors (Lipinski definition) is 5. The monoisotopic (exact) mass is 436 g/mol. The number of benzene rings is 2. The van der Waals surface area contributed by atoms with Crippen LogP contribution in [0.3, 0.4) is 0 Å². The largest absolute Gasteiger partial charge is 0.494 e. The van der Waals surface area contributed by atoms with Gasteiger partial charge in [0.2, 0.25) is 5.91 Å². The molecule has 0 spiro atoms. The Labute approximate surface area is 173 Å². The van der Waals surface area contributed by atoms with Gasteiger partial charge < -0.3 is 10.1 Å². The minimum atomic E-state index is -1.74. The number of nitrogens with one attached hydrogen (secondary N) is 1. The third-order valence-electron chi connectivity index (χ3n) is 3.97. The Bertz CT molecular complexity index is 1040. The second-order valence-corrected chi connectivity index (χ2v) is 7.03. The Morgan fingerprint density at radius 2 is 1.80 bits per heavy atom. The molecular weight excluding hydrogens is 421 g/mol. The van der Waals surface area contributed by atoms with E-state index >= 15 is 0 Å². The summed E-state index contributed by atoms with van der Waals surface area (Å²) >= 11 is 0.651. The Hall–Kier alpha value is -3.27. The van der Waals surface area contributed by atoms with Crippen molar-refractivity contribution in [1.29, 1.82) is 0 Å². The van der Waals surface area contributed by atoms with Gasteiger partial charge in [-0.3, -0.25) is 19.3 Å². The summed E-state index contributed by atoms with van der Waals surface area (Å²) in [6.45, 7) is 1.65. The first-order valence-electron chi connectivity index (χ1n) is 8.71. The summed E-state index contributed by atoms with van der Waals surface area (Å²) in [5, 5.41) is 1.34. The molecule has 1 saturated heterocycles. The lowest BCUT2D eigenvalue weighted by Gasteiger charge is -2.13. The molecule has 1 heterocycles. The van der Waals surface area contributed by atoms with Gasteiger partial charge in [0.1, 0.15) is 12.3 Å². The molecule has 1 aliphatic rings. The van der Waals surface area contributed by atoms with Crippen LogP contribution in [-0.2, 0) is 9.59 Å². The molecule has 1 aliphatic heterocycles. The Morgan fingerprint density at radius 3 is 2.47 bits per heavy atom. The first kappa shape index (κ1) is 21.4. The van der Waals surface area contributed by atoms with Crippen molar-refractivity contribution in [1.82, 2.24) is 4.90 Å². The number of carbonyl (C=O) groups excluding carboxylic acids is 3. The van der Waals surface area contributed by atoms with Crippen LogP contribution < -0.4 is 10.1 Å². The van der Waals surface area contributed by atoms with Crippen LogP contribution >= 0.6 is 11.8 Å². The van der Waals surface area contributed by atoms with E-state index in [9.17, 15) is 27.6 Å². The van der Waals surface area contributed by atoms with Crippen molar-refractivity contribution in [2.45, 2.75) is 6.92 Å². The van der Waals surface area contributed by atoms with E-state index in [1.165, 1.54) is 6.08 Å². The van der Waals surface area contributed by atoms with E-state index in [0.717, 1.165) is 6.07 Å². The number of anilines is 1. The summed E-state index contributed by atoms with van der Waals surface area (Å²) in [5.74, 6) is -5.70. The minimum Gasteiger partial charge on any atom is -0.494 e. The molecule has 3 rings (SSSR count). The molecule has 2 aromatic carbocycles. The molecule has 1 fully saturated rings. The van der Waals surface area contributed by atoms with Gasteiger partial charge in [0.05, 0.1) is 17.2 Å². The number of thioether (sulfide) groups is 1. The summed E-state index contributed by atoms with van der Waals surface area (Å²) in [5.41, 5.74) is 0.0491. The Morgan fingerprint density at radius 1 is 1.10 bits per heavy atom. The van der Waals surface area contributed by atoms with Gasteiger partial charge in [-0.25, -0.2) is 13.2 Å². The van der Waals surface area contributed by atoms with E-state index in [-0.39, 0.29) is 4.91 Å². The molecule has 0 unspecified atom stereocenters. The topological polar surface area (TPSA) is 75.7 Å². The van der Waals surface area contributed by atoms with Gasteiger partial charge in [-0.05, 0) is 54.6 Å². The first-order chi connectivity index (χ1) is 14.3. The SMILES string of the molecule is CCOc1ccc(/C=C2/SC(=O)N(CC(=O)Nc3ccc(F)c(F)c3F)C2=O)cc1. The van der Waals surface area contributed by atoms with Crippen LogP contribution in [0.15, 0.2) is 41.3 Å². The normalized spacial score (nSPS) is 15.1. The predicted octanol–water partition coefficient (Wildman–Crippen LogP) is 4.18. The van der Waals surface area contributed by atoms with Crippen molar-refractivity contribution < 1.29 is 32.3 Å². The number of nitrogens with zero attached hydrogens (tertiary/aromatic N) is 1. The van der Waals surface area contributed by atoms with Crippen LogP contribution in [0.4, 0.5) is 23.7 Å². The van der Waals surface area contributed by atoms with Crippen LogP contribution in [0.5, 0.6) is 5.75 Å². The highest BCUT2D eigenvalue weighted by molar-refractivity contribution is 8.18. The molecule has 30 heavy (non-hydrogen) atoms. The average molecular weight is 436 g/mol. The smallest absolute Gasteiger partial charge is 0.294 e. The van der Waals surface area contributed by atoms with Crippen molar-refractivity contribution in [3.8, 4) is 5.75 Å². The molecular formula is C20H15F3N2O4S. The summed E-state index contributed by atoms with van der Waals surface area (Å²) in [4.78, 5) is 37.5. The quantitative estimate of drug-likeness (QED) is 0.543. The van der Waals surface area contributed by atoms with Crippen LogP contribution in [0.25, 0.3) is 6.08 Å². The Kier molecular flexibility index (Phi) is 6.46. The van der Waals surface area contributed by atoms with Gasteiger partial charge >= 0.3 is 0 Å². The predicted molar refractivity (Wildman–Crippen MR) is 105 cm³/mol. The molecule has 6 nitrogen and oxygen atoms in total. The molecule has 2 aromatic rings. The van der Waals surface area contributed by atoms with E-state index in [1.54, 1.807) is 24.3 Å².